The molecule has 0 saturated heterocycles. The number of nitrogens with one attached hydrogen (secondary N) is 1. The minimum absolute atomic E-state index is 0.149. The number of carbonyl (C=O) groups excluding carboxylic acids is 2. The van der Waals surface area contributed by atoms with E-state index in [1.165, 1.54) is 89.9 Å². The molecule has 3 atom stereocenters. The molecule has 316 valence electrons. The van der Waals surface area contributed by atoms with E-state index in [4.69, 9.17) is 13.8 Å². The zero-order valence-electron chi connectivity index (χ0n) is 34.0. The van der Waals surface area contributed by atoms with Crippen LogP contribution in [0.5, 0.6) is 0 Å². The summed E-state index contributed by atoms with van der Waals surface area (Å²) in [6.07, 6.45) is 37.7. The highest BCUT2D eigenvalue weighted by Gasteiger charge is 2.28. The summed E-state index contributed by atoms with van der Waals surface area (Å²) < 4.78 is 26.8. The van der Waals surface area contributed by atoms with E-state index >= 15 is 0 Å². The van der Waals surface area contributed by atoms with Crippen LogP contribution in [0.4, 0.5) is 0 Å². The molecular formula is C42H78NO10P. The molecule has 0 bridgehead atoms. The van der Waals surface area contributed by atoms with Gasteiger partial charge in [0.05, 0.1) is 13.2 Å². The summed E-state index contributed by atoms with van der Waals surface area (Å²) in [6, 6.07) is -1.54. The summed E-state index contributed by atoms with van der Waals surface area (Å²) in [4.78, 5) is 45.8. The van der Waals surface area contributed by atoms with Gasteiger partial charge in [0.2, 0.25) is 5.91 Å². The van der Waals surface area contributed by atoms with Crippen molar-refractivity contribution in [3.05, 3.63) is 24.3 Å². The molecule has 0 heterocycles. The number of amides is 1. The third-order valence-electron chi connectivity index (χ3n) is 9.24. The fourth-order valence-corrected chi connectivity index (χ4v) is 6.63. The Morgan fingerprint density at radius 2 is 1.04 bits per heavy atom. The second kappa shape index (κ2) is 37.9. The summed E-state index contributed by atoms with van der Waals surface area (Å²) in [7, 11) is -4.75. The van der Waals surface area contributed by atoms with Crippen LogP contribution < -0.4 is 5.32 Å². The van der Waals surface area contributed by atoms with Gasteiger partial charge in [-0.3, -0.25) is 18.6 Å². The first-order valence-corrected chi connectivity index (χ1v) is 22.9. The second-order valence-electron chi connectivity index (χ2n) is 14.5. The number of hydrogen-bond acceptors (Lipinski definition) is 8. The average Bonchev–Trinajstić information content (AvgIpc) is 3.14. The molecule has 0 aliphatic carbocycles. The van der Waals surface area contributed by atoms with E-state index in [0.717, 1.165) is 64.2 Å². The Balaban J connectivity index is 3.92. The van der Waals surface area contributed by atoms with Crippen LogP contribution in [0.1, 0.15) is 194 Å². The molecule has 0 spiro atoms. The number of carboxylic acid groups (broad SMARTS) is 1. The zero-order chi connectivity index (χ0) is 40.0. The van der Waals surface area contributed by atoms with Crippen molar-refractivity contribution in [2.75, 3.05) is 19.8 Å². The Labute approximate surface area is 328 Å². The van der Waals surface area contributed by atoms with E-state index in [-0.39, 0.29) is 12.8 Å². The molecule has 0 aromatic carbocycles. The molecule has 11 nitrogen and oxygen atoms in total. The molecule has 1 amide bonds. The van der Waals surface area contributed by atoms with Gasteiger partial charge >= 0.3 is 19.8 Å². The highest BCUT2D eigenvalue weighted by atomic mass is 31.2. The maximum absolute atomic E-state index is 12.3. The molecule has 4 N–H and O–H groups in total. The number of carboxylic acids is 1. The number of allylic oxidation sites excluding steroid dienone is 4. The maximum atomic E-state index is 12.3. The van der Waals surface area contributed by atoms with E-state index in [9.17, 15) is 34.1 Å². The lowest BCUT2D eigenvalue weighted by atomic mass is 10.0. The Morgan fingerprint density at radius 1 is 0.593 bits per heavy atom. The number of phosphoric ester groups is 1. The van der Waals surface area contributed by atoms with Gasteiger partial charge in [-0.1, -0.05) is 167 Å². The first-order valence-electron chi connectivity index (χ1n) is 21.4. The van der Waals surface area contributed by atoms with Crippen molar-refractivity contribution in [3.8, 4) is 0 Å². The van der Waals surface area contributed by atoms with Crippen LogP contribution in [0.3, 0.4) is 0 Å². The lowest BCUT2D eigenvalue weighted by Crippen LogP contribution is -2.43. The number of ether oxygens (including phenoxy) is 1. The maximum Gasteiger partial charge on any atom is 0.472 e. The van der Waals surface area contributed by atoms with Gasteiger partial charge in [-0.15, -0.1) is 0 Å². The first-order chi connectivity index (χ1) is 26.1. The van der Waals surface area contributed by atoms with Crippen molar-refractivity contribution in [1.82, 2.24) is 5.32 Å². The Bertz CT molecular complexity index is 1020. The smallest absolute Gasteiger partial charge is 0.472 e. The Kier molecular flexibility index (Phi) is 36.4. The van der Waals surface area contributed by atoms with Crippen LogP contribution in [-0.2, 0) is 32.7 Å². The molecule has 0 aliphatic rings. The van der Waals surface area contributed by atoms with E-state index in [1.54, 1.807) is 0 Å². The standard InChI is InChI=1S/C42H78NO10P/c1-3-5-7-9-11-13-15-17-19-20-21-23-25-27-29-31-33-40(45)43-39(42(47)48)37-53-54(49,50)52-36-38(44)35-51-41(46)34-32-30-28-26-24-22-18-16-14-12-10-8-6-4-2/h10,12,16,18,38-39,44H,3-9,11,13-15,17,19-37H2,1-2H3,(H,43,45)(H,47,48)(H,49,50)/b12-10-,18-16-. The van der Waals surface area contributed by atoms with E-state index < -0.39 is 57.6 Å². The van der Waals surface area contributed by atoms with E-state index in [2.05, 4.69) is 43.5 Å². The summed E-state index contributed by atoms with van der Waals surface area (Å²) in [6.45, 7) is 2.54. The highest BCUT2D eigenvalue weighted by Crippen LogP contribution is 2.43. The normalized spacial score (nSPS) is 14.0. The van der Waals surface area contributed by atoms with Gasteiger partial charge in [0, 0.05) is 12.8 Å². The fourth-order valence-electron chi connectivity index (χ4n) is 5.86. The third kappa shape index (κ3) is 36.9. The Hall–Kier alpha value is -2.04. The minimum Gasteiger partial charge on any atom is -0.480 e. The van der Waals surface area contributed by atoms with Gasteiger partial charge < -0.3 is 25.2 Å². The van der Waals surface area contributed by atoms with Crippen LogP contribution in [0.25, 0.3) is 0 Å². The van der Waals surface area contributed by atoms with Crippen molar-refractivity contribution in [2.45, 2.75) is 206 Å². The number of aliphatic hydroxyl groups is 1. The number of aliphatic hydroxyl groups excluding tert-OH is 1. The first kappa shape index (κ1) is 52.0. The number of aliphatic carboxylic acids is 1. The van der Waals surface area contributed by atoms with Gasteiger partial charge in [-0.25, -0.2) is 9.36 Å². The number of esters is 1. The molecule has 0 aromatic heterocycles. The van der Waals surface area contributed by atoms with Crippen LogP contribution in [0, 0.1) is 0 Å². The number of hydrogen-bond donors (Lipinski definition) is 4. The summed E-state index contributed by atoms with van der Waals surface area (Å²) in [5.41, 5.74) is 0. The summed E-state index contributed by atoms with van der Waals surface area (Å²) in [5, 5.41) is 21.8. The zero-order valence-corrected chi connectivity index (χ0v) is 34.9. The van der Waals surface area contributed by atoms with E-state index in [1.807, 2.05) is 0 Å². The SMILES string of the molecule is CCCC/C=C\C/C=C\CCCCCCCC(=O)OCC(O)COP(=O)(O)OCC(NC(=O)CCCCCCCCCCCCCCCCCC)C(=O)O. The van der Waals surface area contributed by atoms with Gasteiger partial charge in [0.15, 0.2) is 6.04 Å². The molecule has 0 aliphatic heterocycles. The summed E-state index contributed by atoms with van der Waals surface area (Å²) >= 11 is 0. The molecule has 54 heavy (non-hydrogen) atoms. The van der Waals surface area contributed by atoms with Crippen molar-refractivity contribution in [1.29, 1.82) is 0 Å². The lowest BCUT2D eigenvalue weighted by molar-refractivity contribution is -0.147. The van der Waals surface area contributed by atoms with Crippen LogP contribution in [0.2, 0.25) is 0 Å². The monoisotopic (exact) mass is 788 g/mol. The van der Waals surface area contributed by atoms with Crippen molar-refractivity contribution in [2.24, 2.45) is 0 Å². The second-order valence-corrected chi connectivity index (χ2v) is 16.0. The molecule has 12 heteroatoms. The van der Waals surface area contributed by atoms with Crippen molar-refractivity contribution >= 4 is 25.7 Å². The molecule has 3 unspecified atom stereocenters. The van der Waals surface area contributed by atoms with Gasteiger partial charge in [-0.2, -0.15) is 0 Å². The predicted octanol–water partition coefficient (Wildman–Crippen LogP) is 10.7. The quantitative estimate of drug-likeness (QED) is 0.0203. The van der Waals surface area contributed by atoms with Crippen molar-refractivity contribution in [3.63, 3.8) is 0 Å². The molecule has 0 saturated carbocycles. The molecule has 0 aromatic rings. The Morgan fingerprint density at radius 3 is 1.56 bits per heavy atom. The van der Waals surface area contributed by atoms with Crippen LogP contribution in [0.15, 0.2) is 24.3 Å². The van der Waals surface area contributed by atoms with Crippen molar-refractivity contribution < 1.29 is 47.8 Å². The largest absolute Gasteiger partial charge is 0.480 e. The topological polar surface area (TPSA) is 169 Å². The number of phosphoric acid groups is 1. The molecule has 0 fully saturated rings. The third-order valence-corrected chi connectivity index (χ3v) is 10.2. The summed E-state index contributed by atoms with van der Waals surface area (Å²) in [5.74, 6) is -2.38. The molecule has 0 radical (unpaired) electrons. The lowest BCUT2D eigenvalue weighted by Gasteiger charge is -2.18. The van der Waals surface area contributed by atoms with E-state index in [0.29, 0.717) is 12.8 Å². The predicted molar refractivity (Wildman–Crippen MR) is 217 cm³/mol. The number of rotatable bonds is 40. The minimum atomic E-state index is -4.75. The molecular weight excluding hydrogens is 709 g/mol. The molecule has 0 rings (SSSR count). The van der Waals surface area contributed by atoms with Gasteiger partial charge in [-0.05, 0) is 38.5 Å². The fraction of sp³-hybridized carbons (Fsp3) is 0.833. The highest BCUT2D eigenvalue weighted by molar-refractivity contribution is 7.47. The number of unbranched alkanes of at least 4 members (excludes halogenated alkanes) is 22. The van der Waals surface area contributed by atoms with Crippen LogP contribution in [-0.4, -0.2) is 64.9 Å². The van der Waals surface area contributed by atoms with Gasteiger partial charge in [0.25, 0.3) is 0 Å². The number of carbonyl (C=O) groups is 3. The average molecular weight is 788 g/mol. The van der Waals surface area contributed by atoms with Crippen LogP contribution >= 0.6 is 7.82 Å². The van der Waals surface area contributed by atoms with Gasteiger partial charge in [0.1, 0.15) is 12.7 Å².